The van der Waals surface area contributed by atoms with Crippen molar-refractivity contribution in [2.45, 2.75) is 12.5 Å². The largest absolute Gasteiger partial charge is 0.324 e. The van der Waals surface area contributed by atoms with Crippen LogP contribution in [0.15, 0.2) is 34.1 Å². The summed E-state index contributed by atoms with van der Waals surface area (Å²) in [5.41, 5.74) is 6.26. The lowest BCUT2D eigenvalue weighted by atomic mass is 10.0. The molecule has 1 heterocycles. The molecule has 0 fully saturated rings. The van der Waals surface area contributed by atoms with E-state index in [4.69, 9.17) is 5.73 Å². The van der Waals surface area contributed by atoms with Crippen molar-refractivity contribution in [1.82, 2.24) is 0 Å². The highest BCUT2D eigenvalue weighted by molar-refractivity contribution is 9.10. The van der Waals surface area contributed by atoms with Crippen molar-refractivity contribution in [2.75, 3.05) is 0 Å². The summed E-state index contributed by atoms with van der Waals surface area (Å²) in [6, 6.07) is 4.98. The standard InChI is InChI=1S/C12H10BrF2NS/c13-7-3-9(17-6-7)5-12(16)10-2-1-8(14)4-11(10)15/h1-4,6,12H,5,16H2. The van der Waals surface area contributed by atoms with Gasteiger partial charge in [-0.15, -0.1) is 11.3 Å². The molecule has 1 aromatic heterocycles. The predicted molar refractivity (Wildman–Crippen MR) is 69.0 cm³/mol. The molecule has 1 nitrogen and oxygen atoms in total. The number of halogens is 3. The van der Waals surface area contributed by atoms with E-state index in [2.05, 4.69) is 15.9 Å². The Morgan fingerprint density at radius 3 is 2.65 bits per heavy atom. The first-order valence-corrected chi connectivity index (χ1v) is 6.67. The maximum atomic E-state index is 13.5. The van der Waals surface area contributed by atoms with E-state index in [9.17, 15) is 8.78 Å². The van der Waals surface area contributed by atoms with Crippen LogP contribution >= 0.6 is 27.3 Å². The van der Waals surface area contributed by atoms with Crippen molar-refractivity contribution in [3.05, 3.63) is 56.2 Å². The van der Waals surface area contributed by atoms with Crippen LogP contribution in [-0.4, -0.2) is 0 Å². The molecule has 0 bridgehead atoms. The van der Waals surface area contributed by atoms with E-state index in [0.717, 1.165) is 15.4 Å². The lowest BCUT2D eigenvalue weighted by Crippen LogP contribution is -2.14. The molecule has 0 radical (unpaired) electrons. The Kier molecular flexibility index (Phi) is 3.91. The molecular formula is C12H10BrF2NS. The van der Waals surface area contributed by atoms with E-state index >= 15 is 0 Å². The van der Waals surface area contributed by atoms with Gasteiger partial charge in [-0.05, 0) is 28.1 Å². The minimum Gasteiger partial charge on any atom is -0.324 e. The molecule has 2 aromatic rings. The molecule has 1 atom stereocenters. The third kappa shape index (κ3) is 3.12. The normalized spacial score (nSPS) is 12.7. The molecule has 0 aliphatic carbocycles. The second-order valence-corrected chi connectivity index (χ2v) is 5.62. The van der Waals surface area contributed by atoms with E-state index in [1.54, 1.807) is 11.3 Å². The van der Waals surface area contributed by atoms with Gasteiger partial charge in [0, 0.05) is 38.8 Å². The van der Waals surface area contributed by atoms with Crippen LogP contribution in [0.2, 0.25) is 0 Å². The number of thiophene rings is 1. The van der Waals surface area contributed by atoms with Crippen LogP contribution in [-0.2, 0) is 6.42 Å². The summed E-state index contributed by atoms with van der Waals surface area (Å²) in [5, 5.41) is 1.95. The van der Waals surface area contributed by atoms with Gasteiger partial charge < -0.3 is 5.73 Å². The summed E-state index contributed by atoms with van der Waals surface area (Å²) < 4.78 is 27.2. The Labute approximate surface area is 110 Å². The fourth-order valence-corrected chi connectivity index (χ4v) is 3.10. The van der Waals surface area contributed by atoms with Crippen LogP contribution in [0.3, 0.4) is 0 Å². The minimum atomic E-state index is -0.590. The molecule has 5 heteroatoms. The first kappa shape index (κ1) is 12.7. The molecule has 0 amide bonds. The summed E-state index contributed by atoms with van der Waals surface area (Å²) in [6.45, 7) is 0. The molecule has 0 aliphatic rings. The number of nitrogens with two attached hydrogens (primary N) is 1. The minimum absolute atomic E-state index is 0.343. The van der Waals surface area contributed by atoms with Gasteiger partial charge in [-0.3, -0.25) is 0 Å². The third-order valence-corrected chi connectivity index (χ3v) is 4.12. The molecule has 0 saturated carbocycles. The van der Waals surface area contributed by atoms with Crippen LogP contribution in [0, 0.1) is 11.6 Å². The second kappa shape index (κ2) is 5.25. The van der Waals surface area contributed by atoms with E-state index < -0.39 is 17.7 Å². The molecule has 0 saturated heterocycles. The summed E-state index contributed by atoms with van der Waals surface area (Å²) in [5.74, 6) is -1.18. The molecule has 1 unspecified atom stereocenters. The van der Waals surface area contributed by atoms with Crippen molar-refractivity contribution in [3.8, 4) is 0 Å². The zero-order valence-corrected chi connectivity index (χ0v) is 11.2. The van der Waals surface area contributed by atoms with Gasteiger partial charge in [0.05, 0.1) is 0 Å². The maximum absolute atomic E-state index is 13.5. The van der Waals surface area contributed by atoms with Gasteiger partial charge in [0.1, 0.15) is 11.6 Å². The van der Waals surface area contributed by atoms with Gasteiger partial charge in [-0.2, -0.15) is 0 Å². The molecule has 90 valence electrons. The molecule has 2 rings (SSSR count). The zero-order chi connectivity index (χ0) is 12.4. The lowest BCUT2D eigenvalue weighted by Gasteiger charge is -2.11. The van der Waals surface area contributed by atoms with E-state index in [-0.39, 0.29) is 0 Å². The average molecular weight is 318 g/mol. The molecular weight excluding hydrogens is 308 g/mol. The maximum Gasteiger partial charge on any atom is 0.130 e. The summed E-state index contributed by atoms with van der Waals surface area (Å²) >= 11 is 4.91. The number of hydrogen-bond donors (Lipinski definition) is 1. The van der Waals surface area contributed by atoms with Crippen molar-refractivity contribution in [2.24, 2.45) is 5.73 Å². The molecule has 0 aliphatic heterocycles. The Morgan fingerprint density at radius 1 is 1.29 bits per heavy atom. The van der Waals surface area contributed by atoms with Crippen molar-refractivity contribution in [3.63, 3.8) is 0 Å². The van der Waals surface area contributed by atoms with Gasteiger partial charge >= 0.3 is 0 Å². The Morgan fingerprint density at radius 2 is 2.06 bits per heavy atom. The highest BCUT2D eigenvalue weighted by Crippen LogP contribution is 2.25. The van der Waals surface area contributed by atoms with Crippen LogP contribution in [0.25, 0.3) is 0 Å². The van der Waals surface area contributed by atoms with Crippen LogP contribution in [0.1, 0.15) is 16.5 Å². The fraction of sp³-hybridized carbons (Fsp3) is 0.167. The van der Waals surface area contributed by atoms with Crippen LogP contribution < -0.4 is 5.73 Å². The van der Waals surface area contributed by atoms with Gasteiger partial charge in [0.15, 0.2) is 0 Å². The predicted octanol–water partition coefficient (Wildman–Crippen LogP) is 4.03. The van der Waals surface area contributed by atoms with Gasteiger partial charge in [-0.1, -0.05) is 6.07 Å². The molecule has 1 aromatic carbocycles. The highest BCUT2D eigenvalue weighted by atomic mass is 79.9. The van der Waals surface area contributed by atoms with Crippen LogP contribution in [0.5, 0.6) is 0 Å². The molecule has 2 N–H and O–H groups in total. The van der Waals surface area contributed by atoms with E-state index in [1.165, 1.54) is 12.1 Å². The van der Waals surface area contributed by atoms with Crippen LogP contribution in [0.4, 0.5) is 8.78 Å². The second-order valence-electron chi connectivity index (χ2n) is 3.71. The smallest absolute Gasteiger partial charge is 0.130 e. The van der Waals surface area contributed by atoms with Gasteiger partial charge in [-0.25, -0.2) is 8.78 Å². The Bertz CT molecular complexity index is 527. The lowest BCUT2D eigenvalue weighted by molar-refractivity contribution is 0.555. The topological polar surface area (TPSA) is 26.0 Å². The first-order valence-electron chi connectivity index (χ1n) is 4.99. The van der Waals surface area contributed by atoms with Crippen molar-refractivity contribution < 1.29 is 8.78 Å². The monoisotopic (exact) mass is 317 g/mol. The Hall–Kier alpha value is -0.780. The average Bonchev–Trinajstić information content (AvgIpc) is 2.63. The Balaban J connectivity index is 2.17. The fourth-order valence-electron chi connectivity index (χ4n) is 1.59. The molecule has 0 spiro atoms. The first-order chi connectivity index (χ1) is 8.06. The summed E-state index contributed by atoms with van der Waals surface area (Å²) in [4.78, 5) is 1.06. The number of hydrogen-bond acceptors (Lipinski definition) is 2. The quantitative estimate of drug-likeness (QED) is 0.908. The highest BCUT2D eigenvalue weighted by Gasteiger charge is 2.13. The van der Waals surface area contributed by atoms with Crippen molar-refractivity contribution >= 4 is 27.3 Å². The summed E-state index contributed by atoms with van der Waals surface area (Å²) in [7, 11) is 0. The van der Waals surface area contributed by atoms with Gasteiger partial charge in [0.25, 0.3) is 0 Å². The van der Waals surface area contributed by atoms with E-state index in [1.807, 2.05) is 11.4 Å². The van der Waals surface area contributed by atoms with E-state index in [0.29, 0.717) is 12.0 Å². The SMILES string of the molecule is NC(Cc1cc(Br)cs1)c1ccc(F)cc1F. The third-order valence-electron chi connectivity index (χ3n) is 2.40. The molecule has 17 heavy (non-hydrogen) atoms. The number of rotatable bonds is 3. The summed E-state index contributed by atoms with van der Waals surface area (Å²) in [6.07, 6.45) is 0.540. The van der Waals surface area contributed by atoms with Crippen molar-refractivity contribution in [1.29, 1.82) is 0 Å². The van der Waals surface area contributed by atoms with Gasteiger partial charge in [0.2, 0.25) is 0 Å². The zero-order valence-electron chi connectivity index (χ0n) is 8.79. The number of benzene rings is 1.